The van der Waals surface area contributed by atoms with Crippen molar-refractivity contribution in [3.8, 4) is 0 Å². The first-order valence-corrected chi connectivity index (χ1v) is 4.52. The van der Waals surface area contributed by atoms with Crippen LogP contribution < -0.4 is 5.32 Å². The third-order valence-electron chi connectivity index (χ3n) is 1.93. The second kappa shape index (κ2) is 4.93. The molecule has 1 atom stereocenters. The summed E-state index contributed by atoms with van der Waals surface area (Å²) < 4.78 is 2.10. The molecule has 3 heteroatoms. The Morgan fingerprint density at radius 1 is 1.58 bits per heavy atom. The van der Waals surface area contributed by atoms with Crippen LogP contribution in [0, 0.1) is 0 Å². The van der Waals surface area contributed by atoms with Crippen LogP contribution in [0.5, 0.6) is 0 Å². The Hall–Kier alpha value is -0.830. The minimum Gasteiger partial charge on any atom is -0.337 e. The van der Waals surface area contributed by atoms with Crippen LogP contribution in [0.4, 0.5) is 0 Å². The molecular weight excluding hydrogens is 150 g/mol. The molecule has 0 aromatic carbocycles. The number of hydrogen-bond donors (Lipinski definition) is 1. The molecule has 1 aromatic rings. The first-order valence-electron chi connectivity index (χ1n) is 4.52. The Kier molecular flexibility index (Phi) is 3.80. The smallest absolute Gasteiger partial charge is 0.0945 e. The van der Waals surface area contributed by atoms with E-state index in [1.54, 1.807) is 0 Å². The van der Waals surface area contributed by atoms with Gasteiger partial charge in [-0.15, -0.1) is 0 Å². The monoisotopic (exact) mass is 167 g/mol. The molecule has 1 aromatic heterocycles. The van der Waals surface area contributed by atoms with Gasteiger partial charge < -0.3 is 9.88 Å². The molecule has 0 aliphatic heterocycles. The van der Waals surface area contributed by atoms with Gasteiger partial charge in [0.25, 0.3) is 0 Å². The van der Waals surface area contributed by atoms with Crippen LogP contribution in [0.1, 0.15) is 20.3 Å². The first kappa shape index (κ1) is 9.26. The van der Waals surface area contributed by atoms with Crippen molar-refractivity contribution in [1.29, 1.82) is 0 Å². The van der Waals surface area contributed by atoms with Crippen LogP contribution in [-0.2, 0) is 6.54 Å². The number of nitrogens with one attached hydrogen (secondary N) is 1. The van der Waals surface area contributed by atoms with Gasteiger partial charge in [-0.1, -0.05) is 6.92 Å². The van der Waals surface area contributed by atoms with Crippen molar-refractivity contribution >= 4 is 0 Å². The van der Waals surface area contributed by atoms with Crippen LogP contribution in [0.3, 0.4) is 0 Å². The van der Waals surface area contributed by atoms with Crippen molar-refractivity contribution in [3.05, 3.63) is 18.7 Å². The first-order chi connectivity index (χ1) is 5.83. The van der Waals surface area contributed by atoms with Crippen molar-refractivity contribution in [2.45, 2.75) is 32.9 Å². The van der Waals surface area contributed by atoms with Crippen LogP contribution in [-0.4, -0.2) is 22.1 Å². The van der Waals surface area contributed by atoms with E-state index in [0.29, 0.717) is 6.04 Å². The van der Waals surface area contributed by atoms with E-state index in [1.165, 1.54) is 0 Å². The van der Waals surface area contributed by atoms with E-state index in [4.69, 9.17) is 0 Å². The van der Waals surface area contributed by atoms with Crippen molar-refractivity contribution in [2.75, 3.05) is 6.54 Å². The zero-order valence-corrected chi connectivity index (χ0v) is 7.83. The maximum absolute atomic E-state index is 3.99. The van der Waals surface area contributed by atoms with E-state index in [0.717, 1.165) is 19.5 Å². The highest BCUT2D eigenvalue weighted by Crippen LogP contribution is 1.95. The summed E-state index contributed by atoms with van der Waals surface area (Å²) in [5.41, 5.74) is 0. The van der Waals surface area contributed by atoms with Crippen molar-refractivity contribution in [2.24, 2.45) is 0 Å². The molecule has 0 aliphatic carbocycles. The standard InChI is InChI=1S/C9H17N3/c1-3-11-9(2)4-6-12-7-5-10-8-12/h5,7-9,11H,3-4,6H2,1-2H3. The maximum atomic E-state index is 3.99. The molecule has 68 valence electrons. The zero-order chi connectivity index (χ0) is 8.81. The lowest BCUT2D eigenvalue weighted by atomic mass is 10.2. The van der Waals surface area contributed by atoms with Crippen molar-refractivity contribution < 1.29 is 0 Å². The average Bonchev–Trinajstić information content (AvgIpc) is 2.53. The maximum Gasteiger partial charge on any atom is 0.0945 e. The summed E-state index contributed by atoms with van der Waals surface area (Å²) in [5, 5.41) is 3.37. The van der Waals surface area contributed by atoms with Crippen LogP contribution in [0.25, 0.3) is 0 Å². The summed E-state index contributed by atoms with van der Waals surface area (Å²) in [6.45, 7) is 6.44. The Balaban J connectivity index is 2.17. The molecule has 12 heavy (non-hydrogen) atoms. The predicted molar refractivity (Wildman–Crippen MR) is 50.0 cm³/mol. The summed E-state index contributed by atoms with van der Waals surface area (Å²) >= 11 is 0. The van der Waals surface area contributed by atoms with Gasteiger partial charge in [0, 0.05) is 25.0 Å². The third kappa shape index (κ3) is 3.05. The summed E-state index contributed by atoms with van der Waals surface area (Å²) in [7, 11) is 0. The number of imidazole rings is 1. The van der Waals surface area contributed by atoms with E-state index in [1.807, 2.05) is 18.7 Å². The Morgan fingerprint density at radius 3 is 3.00 bits per heavy atom. The molecule has 0 radical (unpaired) electrons. The molecule has 1 heterocycles. The fourth-order valence-electron chi connectivity index (χ4n) is 1.21. The highest BCUT2D eigenvalue weighted by atomic mass is 15.0. The van der Waals surface area contributed by atoms with Gasteiger partial charge in [0.2, 0.25) is 0 Å². The molecule has 1 N–H and O–H groups in total. The fourth-order valence-corrected chi connectivity index (χ4v) is 1.21. The van der Waals surface area contributed by atoms with Gasteiger partial charge in [0.1, 0.15) is 0 Å². The SMILES string of the molecule is CCNC(C)CCn1ccnc1. The fraction of sp³-hybridized carbons (Fsp3) is 0.667. The largest absolute Gasteiger partial charge is 0.337 e. The average molecular weight is 167 g/mol. The molecule has 0 saturated heterocycles. The van der Waals surface area contributed by atoms with E-state index in [9.17, 15) is 0 Å². The van der Waals surface area contributed by atoms with Crippen LogP contribution in [0.2, 0.25) is 0 Å². The van der Waals surface area contributed by atoms with Gasteiger partial charge in [0.05, 0.1) is 6.33 Å². The van der Waals surface area contributed by atoms with E-state index < -0.39 is 0 Å². The minimum absolute atomic E-state index is 0.595. The second-order valence-electron chi connectivity index (χ2n) is 3.05. The van der Waals surface area contributed by atoms with Gasteiger partial charge >= 0.3 is 0 Å². The van der Waals surface area contributed by atoms with Gasteiger partial charge in [-0.25, -0.2) is 4.98 Å². The molecule has 0 bridgehead atoms. The van der Waals surface area contributed by atoms with Gasteiger partial charge in [0.15, 0.2) is 0 Å². The quantitative estimate of drug-likeness (QED) is 0.715. The van der Waals surface area contributed by atoms with E-state index in [-0.39, 0.29) is 0 Å². The number of hydrogen-bond acceptors (Lipinski definition) is 2. The molecule has 3 nitrogen and oxygen atoms in total. The Labute approximate surface area is 73.8 Å². The topological polar surface area (TPSA) is 29.9 Å². The van der Waals surface area contributed by atoms with Gasteiger partial charge in [-0.05, 0) is 19.9 Å². The Bertz CT molecular complexity index is 194. The molecule has 1 unspecified atom stereocenters. The minimum atomic E-state index is 0.595. The second-order valence-corrected chi connectivity index (χ2v) is 3.05. The van der Waals surface area contributed by atoms with E-state index >= 15 is 0 Å². The molecule has 0 saturated carbocycles. The molecule has 1 rings (SSSR count). The number of rotatable bonds is 5. The number of nitrogens with zero attached hydrogens (tertiary/aromatic N) is 2. The number of aryl methyl sites for hydroxylation is 1. The van der Waals surface area contributed by atoms with E-state index in [2.05, 4.69) is 28.7 Å². The molecule has 0 aliphatic rings. The van der Waals surface area contributed by atoms with Gasteiger partial charge in [-0.2, -0.15) is 0 Å². The summed E-state index contributed by atoms with van der Waals surface area (Å²) in [6.07, 6.45) is 6.83. The van der Waals surface area contributed by atoms with Crippen LogP contribution in [0.15, 0.2) is 18.7 Å². The highest BCUT2D eigenvalue weighted by Gasteiger charge is 1.98. The summed E-state index contributed by atoms with van der Waals surface area (Å²) in [5.74, 6) is 0. The lowest BCUT2D eigenvalue weighted by Crippen LogP contribution is -2.26. The van der Waals surface area contributed by atoms with Crippen LogP contribution >= 0.6 is 0 Å². The van der Waals surface area contributed by atoms with Gasteiger partial charge in [-0.3, -0.25) is 0 Å². The molecule has 0 spiro atoms. The van der Waals surface area contributed by atoms with Crippen molar-refractivity contribution in [3.63, 3.8) is 0 Å². The lowest BCUT2D eigenvalue weighted by molar-refractivity contribution is 0.487. The summed E-state index contributed by atoms with van der Waals surface area (Å²) in [6, 6.07) is 0.595. The normalized spacial score (nSPS) is 13.2. The zero-order valence-electron chi connectivity index (χ0n) is 7.83. The van der Waals surface area contributed by atoms with Crippen molar-refractivity contribution in [1.82, 2.24) is 14.9 Å². The molecular formula is C9H17N3. The molecule has 0 fully saturated rings. The Morgan fingerprint density at radius 2 is 2.42 bits per heavy atom. The predicted octanol–water partition coefficient (Wildman–Crippen LogP) is 1.27. The molecule has 0 amide bonds. The lowest BCUT2D eigenvalue weighted by Gasteiger charge is -2.11. The third-order valence-corrected chi connectivity index (χ3v) is 1.93. The summed E-state index contributed by atoms with van der Waals surface area (Å²) in [4.78, 5) is 3.99. The highest BCUT2D eigenvalue weighted by molar-refractivity contribution is 4.74. The number of aromatic nitrogens is 2.